The lowest BCUT2D eigenvalue weighted by molar-refractivity contribution is -0.188. The normalized spacial score (nSPS) is 15.6. The first-order valence-electron chi connectivity index (χ1n) is 4.05. The maximum atomic E-state index is 11.1. The minimum absolute atomic E-state index is 0.210. The second-order valence-electron chi connectivity index (χ2n) is 2.99. The molecule has 0 rings (SSSR count). The maximum Gasteiger partial charge on any atom is 0.698 e. The lowest BCUT2D eigenvalue weighted by Crippen LogP contribution is -2.32. The quantitative estimate of drug-likeness (QED) is 0.332. The van der Waals surface area contributed by atoms with Crippen molar-refractivity contribution in [1.82, 2.24) is 0 Å². The molecule has 0 aliphatic rings. The van der Waals surface area contributed by atoms with E-state index in [-0.39, 0.29) is 12.0 Å². The van der Waals surface area contributed by atoms with Crippen molar-refractivity contribution in [2.75, 3.05) is 0 Å². The molecule has 0 aliphatic heterocycles. The fourth-order valence-corrected chi connectivity index (χ4v) is 1.10. The Morgan fingerprint density at radius 1 is 1.64 bits per heavy atom. The molecule has 0 saturated carbocycles. The summed E-state index contributed by atoms with van der Waals surface area (Å²) >= 11 is 0. The largest absolute Gasteiger partial charge is 0.698 e. The summed E-state index contributed by atoms with van der Waals surface area (Å²) in [6.07, 6.45) is 0.271. The van der Waals surface area contributed by atoms with Gasteiger partial charge in [0.15, 0.2) is 0 Å². The van der Waals surface area contributed by atoms with Crippen LogP contribution in [0.5, 0.6) is 0 Å². The highest BCUT2D eigenvalue weighted by atomic mass is 31.1. The molecule has 14 heavy (non-hydrogen) atoms. The van der Waals surface area contributed by atoms with Crippen LogP contribution >= 0.6 is 8.25 Å². The molecule has 1 N–H and O–H groups in total. The summed E-state index contributed by atoms with van der Waals surface area (Å²) in [4.78, 5) is 19.7. The van der Waals surface area contributed by atoms with Crippen LogP contribution < -0.4 is 0 Å². The zero-order valence-electron chi connectivity index (χ0n) is 8.44. The van der Waals surface area contributed by atoms with Gasteiger partial charge in [-0.2, -0.15) is 0 Å². The van der Waals surface area contributed by atoms with Crippen molar-refractivity contribution < 1.29 is 23.5 Å². The van der Waals surface area contributed by atoms with Crippen LogP contribution in [-0.4, -0.2) is 16.6 Å². The van der Waals surface area contributed by atoms with E-state index in [2.05, 4.69) is 11.1 Å². The Kier molecular flexibility index (Phi) is 4.91. The Morgan fingerprint density at radius 2 is 2.14 bits per heavy atom. The minimum atomic E-state index is -2.80. The molecule has 0 saturated heterocycles. The van der Waals surface area contributed by atoms with Gasteiger partial charge in [0, 0.05) is 23.5 Å². The number of rotatable bonds is 5. The number of ether oxygens (including phenoxy) is 1. The summed E-state index contributed by atoms with van der Waals surface area (Å²) in [6.45, 7) is 7.96. The molecule has 0 aromatic carbocycles. The summed E-state index contributed by atoms with van der Waals surface area (Å²) in [5.74, 6) is -2.02. The van der Waals surface area contributed by atoms with E-state index in [4.69, 9.17) is 9.63 Å². The summed E-state index contributed by atoms with van der Waals surface area (Å²) in [5.41, 5.74) is 0.210. The molecule has 0 aliphatic carbocycles. The molecule has 0 radical (unpaired) electrons. The second-order valence-corrected chi connectivity index (χ2v) is 3.64. The Balaban J connectivity index is 4.47. The van der Waals surface area contributed by atoms with Crippen LogP contribution in [0.3, 0.4) is 0 Å². The topological polar surface area (TPSA) is 72.8 Å². The lowest BCUT2D eigenvalue weighted by atomic mass is 10.2. The van der Waals surface area contributed by atoms with Crippen LogP contribution in [0.25, 0.3) is 0 Å². The predicted molar refractivity (Wildman–Crippen MR) is 50.5 cm³/mol. The van der Waals surface area contributed by atoms with E-state index in [0.717, 1.165) is 0 Å². The van der Waals surface area contributed by atoms with Gasteiger partial charge in [-0.25, -0.2) is 4.79 Å². The number of esters is 1. The smallest absolute Gasteiger partial charge is 0.425 e. The molecule has 2 atom stereocenters. The van der Waals surface area contributed by atoms with Gasteiger partial charge >= 0.3 is 14.2 Å². The Labute approximate surface area is 83.7 Å². The monoisotopic (exact) mass is 221 g/mol. The number of hydrogen-bond acceptors (Lipinski definition) is 4. The molecule has 2 unspecified atom stereocenters. The zero-order chi connectivity index (χ0) is 11.4. The molecule has 0 bridgehead atoms. The third-order valence-corrected chi connectivity index (χ3v) is 2.11. The van der Waals surface area contributed by atoms with Gasteiger partial charge in [0.25, 0.3) is 5.79 Å². The van der Waals surface area contributed by atoms with Crippen molar-refractivity contribution in [2.24, 2.45) is 0 Å². The molecule has 80 valence electrons. The third kappa shape index (κ3) is 4.46. The molecule has 0 fully saturated rings. The fourth-order valence-electron chi connectivity index (χ4n) is 0.604. The van der Waals surface area contributed by atoms with Crippen LogP contribution in [0.4, 0.5) is 0 Å². The van der Waals surface area contributed by atoms with Crippen LogP contribution in [0.2, 0.25) is 0 Å². The van der Waals surface area contributed by atoms with Gasteiger partial charge in [0.05, 0.1) is 0 Å². The highest BCUT2D eigenvalue weighted by Gasteiger charge is 2.38. The van der Waals surface area contributed by atoms with E-state index < -0.39 is 20.0 Å². The van der Waals surface area contributed by atoms with Crippen LogP contribution in [0.1, 0.15) is 27.2 Å². The molecule has 0 heterocycles. The van der Waals surface area contributed by atoms with Crippen LogP contribution in [0, 0.1) is 0 Å². The van der Waals surface area contributed by atoms with E-state index >= 15 is 0 Å². The molecule has 0 spiro atoms. The molecule has 0 amide bonds. The third-order valence-electron chi connectivity index (χ3n) is 1.57. The van der Waals surface area contributed by atoms with Crippen molar-refractivity contribution in [1.29, 1.82) is 0 Å². The van der Waals surface area contributed by atoms with E-state index in [1.54, 1.807) is 6.92 Å². The van der Waals surface area contributed by atoms with Crippen molar-refractivity contribution >= 4 is 14.2 Å². The Hall–Kier alpha value is -0.770. The molecule has 6 heteroatoms. The highest BCUT2D eigenvalue weighted by Crippen LogP contribution is 2.30. The number of carbonyl (C=O) groups excluding carboxylic acids is 1. The average molecular weight is 221 g/mol. The van der Waals surface area contributed by atoms with Gasteiger partial charge in [-0.05, 0) is 6.92 Å². The van der Waals surface area contributed by atoms with Crippen LogP contribution in [-0.2, 0) is 18.6 Å². The van der Waals surface area contributed by atoms with E-state index in [0.29, 0.717) is 0 Å². The van der Waals surface area contributed by atoms with E-state index in [1.165, 1.54) is 13.8 Å². The average Bonchev–Trinajstić information content (AvgIpc) is 2.02. The summed E-state index contributed by atoms with van der Waals surface area (Å²) in [6, 6.07) is 0. The van der Waals surface area contributed by atoms with Crippen molar-refractivity contribution in [3.63, 3.8) is 0 Å². The van der Waals surface area contributed by atoms with Gasteiger partial charge in [-0.15, -0.1) is 4.89 Å². The first kappa shape index (κ1) is 13.2. The SMILES string of the molecule is C=C(C)C(=O)OC(C)(CC)O[P+](=O)O. The first-order chi connectivity index (χ1) is 6.30. The maximum absolute atomic E-state index is 11.1. The van der Waals surface area contributed by atoms with Gasteiger partial charge in [0.2, 0.25) is 0 Å². The second kappa shape index (κ2) is 5.20. The Morgan fingerprint density at radius 3 is 2.43 bits per heavy atom. The molecular formula is C8H14O5P+. The van der Waals surface area contributed by atoms with E-state index in [1.807, 2.05) is 0 Å². The van der Waals surface area contributed by atoms with Gasteiger partial charge in [-0.3, -0.25) is 0 Å². The number of hydrogen-bond donors (Lipinski definition) is 1. The zero-order valence-corrected chi connectivity index (χ0v) is 9.34. The summed E-state index contributed by atoms with van der Waals surface area (Å²) in [5, 5.41) is 0. The summed E-state index contributed by atoms with van der Waals surface area (Å²) < 4.78 is 19.9. The van der Waals surface area contributed by atoms with Gasteiger partial charge in [-0.1, -0.05) is 18.0 Å². The van der Waals surface area contributed by atoms with Gasteiger partial charge < -0.3 is 4.74 Å². The lowest BCUT2D eigenvalue weighted by Gasteiger charge is -2.21. The van der Waals surface area contributed by atoms with Crippen molar-refractivity contribution in [3.05, 3.63) is 12.2 Å². The van der Waals surface area contributed by atoms with Gasteiger partial charge in [0.1, 0.15) is 0 Å². The van der Waals surface area contributed by atoms with Crippen molar-refractivity contribution in [2.45, 2.75) is 33.0 Å². The molecule has 0 aromatic rings. The van der Waals surface area contributed by atoms with E-state index in [9.17, 15) is 9.36 Å². The molecule has 5 nitrogen and oxygen atoms in total. The minimum Gasteiger partial charge on any atom is -0.425 e. The summed E-state index contributed by atoms with van der Waals surface area (Å²) in [7, 11) is -2.80. The Bertz CT molecular complexity index is 262. The molecule has 0 aromatic heterocycles. The highest BCUT2D eigenvalue weighted by molar-refractivity contribution is 7.32. The fraction of sp³-hybridized carbons (Fsp3) is 0.625. The number of carbonyl (C=O) groups is 1. The predicted octanol–water partition coefficient (Wildman–Crippen LogP) is 1.90. The standard InChI is InChI=1S/C8H13O5P/c1-5-8(4,13-14(10)11)12-7(9)6(2)3/h2,5H2,1,3-4H3/p+1. The first-order valence-corrected chi connectivity index (χ1v) is 5.18. The molecular weight excluding hydrogens is 207 g/mol. The van der Waals surface area contributed by atoms with Crippen LogP contribution in [0.15, 0.2) is 12.2 Å². The van der Waals surface area contributed by atoms with Crippen molar-refractivity contribution in [3.8, 4) is 0 Å².